The molecule has 0 aliphatic rings. The third-order valence-electron chi connectivity index (χ3n) is 3.21. The fraction of sp³-hybridized carbons (Fsp3) is 1.00. The van der Waals surface area contributed by atoms with E-state index in [0.717, 1.165) is 23.3 Å². The summed E-state index contributed by atoms with van der Waals surface area (Å²) in [4.78, 5) is 2.25. The first-order chi connectivity index (χ1) is 6.60. The minimum Gasteiger partial charge on any atom is -0.422 e. The van der Waals surface area contributed by atoms with Crippen LogP contribution in [-0.2, 0) is 4.43 Å². The minimum atomic E-state index is 0.207. The van der Waals surface area contributed by atoms with Crippen molar-refractivity contribution in [3.05, 3.63) is 0 Å². The van der Waals surface area contributed by atoms with Gasteiger partial charge in [-0.2, -0.15) is 0 Å². The van der Waals surface area contributed by atoms with Crippen molar-refractivity contribution in [2.45, 2.75) is 51.6 Å². The number of hydrogen-bond donors (Lipinski definition) is 0. The zero-order valence-electron chi connectivity index (χ0n) is 10.6. The van der Waals surface area contributed by atoms with E-state index in [-0.39, 0.29) is 5.60 Å². The Labute approximate surface area is 92.6 Å². The molecule has 0 saturated carbocycles. The predicted octanol–water partition coefficient (Wildman–Crippen LogP) is 1.57. The topological polar surface area (TPSA) is 12.5 Å². The molecule has 0 saturated heterocycles. The second-order valence-corrected chi connectivity index (χ2v) is 4.76. The second-order valence-electron chi connectivity index (χ2n) is 4.35. The highest BCUT2D eigenvalue weighted by Gasteiger charge is 2.23. The van der Waals surface area contributed by atoms with Gasteiger partial charge in [-0.05, 0) is 52.7 Å². The Hall–Kier alpha value is 0.137. The largest absolute Gasteiger partial charge is 0.422 e. The molecule has 0 radical (unpaired) electrons. The van der Waals surface area contributed by atoms with Crippen molar-refractivity contribution in [3.8, 4) is 0 Å². The maximum absolute atomic E-state index is 5.77. The van der Waals surface area contributed by atoms with E-state index in [4.69, 9.17) is 4.43 Å². The molecule has 0 aromatic heterocycles. The van der Waals surface area contributed by atoms with Gasteiger partial charge in [-0.25, -0.2) is 0 Å². The number of nitrogens with zero attached hydrogens (tertiary/aromatic N) is 1. The maximum atomic E-state index is 5.77. The van der Waals surface area contributed by atoms with Crippen LogP contribution in [0.3, 0.4) is 0 Å². The molecule has 2 nitrogen and oxygen atoms in total. The quantitative estimate of drug-likeness (QED) is 0.452. The molecule has 0 atom stereocenters. The van der Waals surface area contributed by atoms with Gasteiger partial charge in [0.05, 0.1) is 5.60 Å². The fourth-order valence-electron chi connectivity index (χ4n) is 1.87. The highest BCUT2D eigenvalue weighted by molar-refractivity contribution is 5.98. The molecular formula is C11H27NOSi. The first-order valence-electron chi connectivity index (χ1n) is 5.80. The van der Waals surface area contributed by atoms with E-state index < -0.39 is 0 Å². The third kappa shape index (κ3) is 5.13. The summed E-state index contributed by atoms with van der Waals surface area (Å²) >= 11 is 0. The van der Waals surface area contributed by atoms with Gasteiger partial charge in [-0.1, -0.05) is 13.8 Å². The average molecular weight is 217 g/mol. The normalized spacial score (nSPS) is 12.6. The summed E-state index contributed by atoms with van der Waals surface area (Å²) in [6, 6.07) is 0. The molecule has 14 heavy (non-hydrogen) atoms. The summed E-state index contributed by atoms with van der Waals surface area (Å²) in [6.45, 7) is 5.69. The smallest absolute Gasteiger partial charge is 0.146 e. The monoisotopic (exact) mass is 217 g/mol. The Bertz CT molecular complexity index is 127. The number of unbranched alkanes of at least 4 members (excludes halogenated alkanes) is 1. The fourth-order valence-corrected chi connectivity index (χ4v) is 2.65. The standard InChI is InChI=1S/C11H27NOSi/c1-5-11(6-2,13-14)9-7-8-10-12(3)4/h5-10H2,1-4,14H3. The van der Waals surface area contributed by atoms with E-state index in [9.17, 15) is 0 Å². The summed E-state index contributed by atoms with van der Waals surface area (Å²) in [5, 5.41) is 0. The van der Waals surface area contributed by atoms with Crippen molar-refractivity contribution >= 4 is 10.5 Å². The third-order valence-corrected chi connectivity index (χ3v) is 4.08. The van der Waals surface area contributed by atoms with Gasteiger partial charge in [0, 0.05) is 0 Å². The molecule has 0 amide bonds. The minimum absolute atomic E-state index is 0.207. The van der Waals surface area contributed by atoms with Gasteiger partial charge >= 0.3 is 0 Å². The van der Waals surface area contributed by atoms with Crippen LogP contribution in [0.15, 0.2) is 0 Å². The molecule has 86 valence electrons. The van der Waals surface area contributed by atoms with Crippen LogP contribution < -0.4 is 0 Å². The predicted molar refractivity (Wildman–Crippen MR) is 66.7 cm³/mol. The molecule has 0 bridgehead atoms. The molecule has 0 rings (SSSR count). The lowest BCUT2D eigenvalue weighted by molar-refractivity contribution is 0.0579. The lowest BCUT2D eigenvalue weighted by Gasteiger charge is -2.31. The van der Waals surface area contributed by atoms with Gasteiger partial charge in [-0.15, -0.1) is 0 Å². The molecule has 0 aromatic rings. The van der Waals surface area contributed by atoms with Crippen molar-refractivity contribution in [1.82, 2.24) is 4.90 Å². The Morgan fingerprint density at radius 2 is 1.71 bits per heavy atom. The van der Waals surface area contributed by atoms with Crippen molar-refractivity contribution < 1.29 is 4.43 Å². The van der Waals surface area contributed by atoms with Crippen molar-refractivity contribution in [1.29, 1.82) is 0 Å². The van der Waals surface area contributed by atoms with Gasteiger partial charge in [-0.3, -0.25) is 0 Å². The first kappa shape index (κ1) is 14.1. The Morgan fingerprint density at radius 3 is 2.07 bits per heavy atom. The van der Waals surface area contributed by atoms with E-state index in [1.165, 1.54) is 25.8 Å². The molecule has 0 heterocycles. The highest BCUT2D eigenvalue weighted by atomic mass is 28.2. The van der Waals surface area contributed by atoms with Gasteiger partial charge in [0.1, 0.15) is 10.5 Å². The second kappa shape index (κ2) is 7.43. The molecule has 0 aliphatic heterocycles. The van der Waals surface area contributed by atoms with Gasteiger partial charge < -0.3 is 9.33 Å². The zero-order valence-corrected chi connectivity index (χ0v) is 12.6. The maximum Gasteiger partial charge on any atom is 0.146 e. The van der Waals surface area contributed by atoms with Gasteiger partial charge in [0.15, 0.2) is 0 Å². The summed E-state index contributed by atoms with van der Waals surface area (Å²) in [6.07, 6.45) is 6.14. The lowest BCUT2D eigenvalue weighted by Crippen LogP contribution is -2.30. The summed E-state index contributed by atoms with van der Waals surface area (Å²) in [5.41, 5.74) is 0.207. The van der Waals surface area contributed by atoms with E-state index in [2.05, 4.69) is 32.8 Å². The SMILES string of the molecule is CCC(CC)(CCCCN(C)C)O[SiH3]. The molecule has 0 aliphatic carbocycles. The van der Waals surface area contributed by atoms with Crippen LogP contribution in [0.2, 0.25) is 0 Å². The number of hydrogen-bond acceptors (Lipinski definition) is 2. The van der Waals surface area contributed by atoms with Crippen molar-refractivity contribution in [3.63, 3.8) is 0 Å². The Kier molecular flexibility index (Phi) is 7.50. The van der Waals surface area contributed by atoms with Crippen LogP contribution >= 0.6 is 0 Å². The lowest BCUT2D eigenvalue weighted by atomic mass is 9.91. The molecule has 0 aromatic carbocycles. The van der Waals surface area contributed by atoms with Gasteiger partial charge in [0.25, 0.3) is 0 Å². The van der Waals surface area contributed by atoms with E-state index in [1.807, 2.05) is 0 Å². The zero-order chi connectivity index (χ0) is 11.0. The van der Waals surface area contributed by atoms with Crippen LogP contribution in [0, 0.1) is 0 Å². The van der Waals surface area contributed by atoms with Crippen LogP contribution in [0.4, 0.5) is 0 Å². The highest BCUT2D eigenvalue weighted by Crippen LogP contribution is 2.25. The Balaban J connectivity index is 3.71. The van der Waals surface area contributed by atoms with E-state index >= 15 is 0 Å². The summed E-state index contributed by atoms with van der Waals surface area (Å²) < 4.78 is 5.77. The van der Waals surface area contributed by atoms with E-state index in [1.54, 1.807) is 0 Å². The van der Waals surface area contributed by atoms with Crippen LogP contribution in [-0.4, -0.2) is 41.6 Å². The van der Waals surface area contributed by atoms with Crippen molar-refractivity contribution in [2.24, 2.45) is 0 Å². The molecule has 0 unspecified atom stereocenters. The van der Waals surface area contributed by atoms with Crippen LogP contribution in [0.25, 0.3) is 0 Å². The van der Waals surface area contributed by atoms with Crippen LogP contribution in [0.1, 0.15) is 46.0 Å². The molecule has 0 spiro atoms. The van der Waals surface area contributed by atoms with E-state index in [0.29, 0.717) is 0 Å². The summed E-state index contributed by atoms with van der Waals surface area (Å²) in [5.74, 6) is 0. The molecule has 0 fully saturated rings. The van der Waals surface area contributed by atoms with Crippen molar-refractivity contribution in [2.75, 3.05) is 20.6 Å². The number of rotatable bonds is 8. The molecule has 3 heteroatoms. The van der Waals surface area contributed by atoms with Gasteiger partial charge in [0.2, 0.25) is 0 Å². The summed E-state index contributed by atoms with van der Waals surface area (Å²) in [7, 11) is 5.14. The first-order valence-corrected chi connectivity index (χ1v) is 6.61. The average Bonchev–Trinajstić information content (AvgIpc) is 2.19. The molecule has 0 N–H and O–H groups in total. The Morgan fingerprint density at radius 1 is 1.14 bits per heavy atom. The molecular weight excluding hydrogens is 190 g/mol. The van der Waals surface area contributed by atoms with Crippen LogP contribution in [0.5, 0.6) is 0 Å².